The third-order valence-corrected chi connectivity index (χ3v) is 7.44. The van der Waals surface area contributed by atoms with E-state index in [1.807, 2.05) is 26.8 Å². The Balaban J connectivity index is 1.45. The Kier molecular flexibility index (Phi) is 4.27. The van der Waals surface area contributed by atoms with E-state index in [1.165, 1.54) is 0 Å². The van der Waals surface area contributed by atoms with Crippen LogP contribution in [0, 0.1) is 38.4 Å². The van der Waals surface area contributed by atoms with Crippen LogP contribution >= 0.6 is 0 Å². The van der Waals surface area contributed by atoms with Crippen molar-refractivity contribution in [2.24, 2.45) is 17.6 Å². The van der Waals surface area contributed by atoms with Crippen molar-refractivity contribution in [2.75, 3.05) is 18.0 Å². The fourth-order valence-corrected chi connectivity index (χ4v) is 5.46. The molecule has 2 N–H and O–H groups in total. The van der Waals surface area contributed by atoms with Crippen molar-refractivity contribution in [3.05, 3.63) is 58.3 Å². The first kappa shape index (κ1) is 19.6. The highest BCUT2D eigenvalue weighted by atomic mass is 19.1. The molecule has 7 heteroatoms. The Bertz CT molecular complexity index is 1260. The molecule has 164 valence electrons. The second-order valence-corrected chi connectivity index (χ2v) is 9.48. The molecule has 3 aliphatic rings. The summed E-state index contributed by atoms with van der Waals surface area (Å²) in [5.74, 6) is 2.29. The van der Waals surface area contributed by atoms with Gasteiger partial charge in [-0.15, -0.1) is 0 Å². The van der Waals surface area contributed by atoms with Gasteiger partial charge in [0.2, 0.25) is 0 Å². The fraction of sp³-hybridized carbons (Fsp3) is 0.400. The van der Waals surface area contributed by atoms with Crippen LogP contribution in [-0.4, -0.2) is 34.1 Å². The van der Waals surface area contributed by atoms with Crippen LogP contribution in [0.4, 0.5) is 10.2 Å². The third kappa shape index (κ3) is 2.98. The van der Waals surface area contributed by atoms with Crippen molar-refractivity contribution in [2.45, 2.75) is 39.7 Å². The first-order valence-corrected chi connectivity index (χ1v) is 11.2. The van der Waals surface area contributed by atoms with E-state index >= 15 is 0 Å². The Morgan fingerprint density at radius 2 is 1.94 bits per heavy atom. The van der Waals surface area contributed by atoms with E-state index in [9.17, 15) is 4.39 Å². The Morgan fingerprint density at radius 1 is 1.09 bits per heavy atom. The SMILES string of the molecule is Cc1cc(Oc2nc3c(c(N4CC5C[C@@H](N)C5C4)n2)-c2cc(F)cc(C)c2C3)cnc1C. The van der Waals surface area contributed by atoms with Crippen molar-refractivity contribution in [3.63, 3.8) is 0 Å². The number of halogens is 1. The molecule has 1 aromatic carbocycles. The molecule has 3 aromatic rings. The van der Waals surface area contributed by atoms with Gasteiger partial charge in [-0.2, -0.15) is 9.97 Å². The molecule has 1 aliphatic heterocycles. The molecule has 6 rings (SSSR count). The molecule has 2 unspecified atom stereocenters. The minimum Gasteiger partial charge on any atom is -0.423 e. The second-order valence-electron chi connectivity index (χ2n) is 9.48. The second kappa shape index (κ2) is 6.97. The van der Waals surface area contributed by atoms with Crippen LogP contribution in [0.1, 0.15) is 34.5 Å². The smallest absolute Gasteiger partial charge is 0.324 e. The zero-order valence-electron chi connectivity index (χ0n) is 18.5. The van der Waals surface area contributed by atoms with E-state index < -0.39 is 0 Å². The van der Waals surface area contributed by atoms with Crippen LogP contribution in [0.15, 0.2) is 24.4 Å². The van der Waals surface area contributed by atoms with Gasteiger partial charge in [-0.3, -0.25) is 4.98 Å². The van der Waals surface area contributed by atoms with Crippen LogP contribution in [-0.2, 0) is 6.42 Å². The number of ether oxygens (including phenoxy) is 1. The summed E-state index contributed by atoms with van der Waals surface area (Å²) < 4.78 is 20.4. The number of aromatic nitrogens is 3. The lowest BCUT2D eigenvalue weighted by Crippen LogP contribution is -2.46. The van der Waals surface area contributed by atoms with Crippen molar-refractivity contribution >= 4 is 5.82 Å². The molecule has 0 bridgehead atoms. The van der Waals surface area contributed by atoms with Gasteiger partial charge in [0, 0.05) is 36.8 Å². The Morgan fingerprint density at radius 3 is 2.69 bits per heavy atom. The highest BCUT2D eigenvalue weighted by Crippen LogP contribution is 2.47. The van der Waals surface area contributed by atoms with Crippen LogP contribution in [0.25, 0.3) is 11.1 Å². The lowest BCUT2D eigenvalue weighted by molar-refractivity contribution is 0.194. The molecule has 32 heavy (non-hydrogen) atoms. The molecular formula is C25H26FN5O. The summed E-state index contributed by atoms with van der Waals surface area (Å²) in [7, 11) is 0. The standard InChI is InChI=1S/C25H26FN5O/c1-12-5-17(9-28-14(12)3)32-25-29-22-8-18-13(2)4-16(26)7-19(18)23(22)24(30-25)31-10-15-6-21(27)20(15)11-31/h4-5,7,9,15,20-21H,6,8,10-11,27H2,1-3H3/t15?,20?,21-/m1/s1. The molecule has 2 fully saturated rings. The van der Waals surface area contributed by atoms with Crippen molar-refractivity contribution in [3.8, 4) is 22.9 Å². The maximum Gasteiger partial charge on any atom is 0.324 e. The topological polar surface area (TPSA) is 77.2 Å². The van der Waals surface area contributed by atoms with Gasteiger partial charge in [0.25, 0.3) is 0 Å². The number of nitrogens with zero attached hydrogens (tertiary/aromatic N) is 4. The first-order valence-electron chi connectivity index (χ1n) is 11.2. The number of hydrogen-bond donors (Lipinski definition) is 1. The number of hydrogen-bond acceptors (Lipinski definition) is 6. The predicted molar refractivity (Wildman–Crippen MR) is 121 cm³/mol. The van der Waals surface area contributed by atoms with E-state index in [1.54, 1.807) is 18.3 Å². The van der Waals surface area contributed by atoms with Crippen LogP contribution in [0.2, 0.25) is 0 Å². The summed E-state index contributed by atoms with van der Waals surface area (Å²) in [5.41, 5.74) is 13.0. The largest absolute Gasteiger partial charge is 0.423 e. The van der Waals surface area contributed by atoms with Crippen LogP contribution < -0.4 is 15.4 Å². The number of nitrogens with two attached hydrogens (primary N) is 1. The third-order valence-electron chi connectivity index (χ3n) is 7.44. The predicted octanol–water partition coefficient (Wildman–Crippen LogP) is 4.08. The number of fused-ring (bicyclic) bond motifs is 4. The van der Waals surface area contributed by atoms with E-state index in [4.69, 9.17) is 20.4 Å². The maximum atomic E-state index is 14.3. The molecule has 1 saturated heterocycles. The van der Waals surface area contributed by atoms with E-state index in [-0.39, 0.29) is 11.9 Å². The van der Waals surface area contributed by atoms with Gasteiger partial charge in [-0.25, -0.2) is 4.39 Å². The average Bonchev–Trinajstić information content (AvgIpc) is 3.28. The normalized spacial score (nSPS) is 22.9. The van der Waals surface area contributed by atoms with Gasteiger partial charge in [0.15, 0.2) is 0 Å². The van der Waals surface area contributed by atoms with E-state index in [2.05, 4.69) is 9.88 Å². The highest BCUT2D eigenvalue weighted by Gasteiger charge is 2.46. The minimum atomic E-state index is -0.231. The summed E-state index contributed by atoms with van der Waals surface area (Å²) >= 11 is 0. The summed E-state index contributed by atoms with van der Waals surface area (Å²) in [5, 5.41) is 0. The number of pyridine rings is 1. The van der Waals surface area contributed by atoms with Gasteiger partial charge in [-0.05, 0) is 79.5 Å². The monoisotopic (exact) mass is 431 g/mol. The molecule has 0 spiro atoms. The molecule has 2 aliphatic carbocycles. The molecule has 2 aromatic heterocycles. The van der Waals surface area contributed by atoms with E-state index in [0.29, 0.717) is 30.0 Å². The number of aryl methyl sites for hydroxylation is 3. The molecule has 1 saturated carbocycles. The van der Waals surface area contributed by atoms with Crippen LogP contribution in [0.3, 0.4) is 0 Å². The quantitative estimate of drug-likeness (QED) is 0.527. The molecular weight excluding hydrogens is 405 g/mol. The lowest BCUT2D eigenvalue weighted by atomic mass is 9.72. The number of anilines is 1. The number of benzene rings is 1. The maximum absolute atomic E-state index is 14.3. The molecule has 6 nitrogen and oxygen atoms in total. The first-order chi connectivity index (χ1) is 15.4. The van der Waals surface area contributed by atoms with E-state index in [0.717, 1.165) is 64.5 Å². The van der Waals surface area contributed by atoms with Crippen molar-refractivity contribution < 1.29 is 9.13 Å². The molecule has 3 heterocycles. The summed E-state index contributed by atoms with van der Waals surface area (Å²) in [6, 6.07) is 5.71. The summed E-state index contributed by atoms with van der Waals surface area (Å²) in [6.07, 6.45) is 3.40. The summed E-state index contributed by atoms with van der Waals surface area (Å²) in [4.78, 5) is 16.3. The molecule has 0 amide bonds. The van der Waals surface area contributed by atoms with Gasteiger partial charge in [0.1, 0.15) is 17.4 Å². The molecule has 3 atom stereocenters. The van der Waals surface area contributed by atoms with Gasteiger partial charge in [0.05, 0.1) is 11.9 Å². The number of rotatable bonds is 3. The zero-order chi connectivity index (χ0) is 22.1. The zero-order valence-corrected chi connectivity index (χ0v) is 18.5. The van der Waals surface area contributed by atoms with Gasteiger partial charge in [-0.1, -0.05) is 0 Å². The Labute approximate surface area is 186 Å². The minimum absolute atomic E-state index is 0.231. The Hall–Kier alpha value is -3.06. The van der Waals surface area contributed by atoms with Gasteiger partial charge < -0.3 is 15.4 Å². The van der Waals surface area contributed by atoms with Crippen LogP contribution in [0.5, 0.6) is 11.8 Å². The molecule has 0 radical (unpaired) electrons. The fourth-order valence-electron chi connectivity index (χ4n) is 5.46. The van der Waals surface area contributed by atoms with Gasteiger partial charge >= 0.3 is 6.01 Å². The van der Waals surface area contributed by atoms with Crippen molar-refractivity contribution in [1.29, 1.82) is 0 Å². The lowest BCUT2D eigenvalue weighted by Gasteiger charge is -2.36. The average molecular weight is 432 g/mol. The summed E-state index contributed by atoms with van der Waals surface area (Å²) in [6.45, 7) is 7.70. The highest BCUT2D eigenvalue weighted by molar-refractivity contribution is 5.85. The van der Waals surface area contributed by atoms with Crippen molar-refractivity contribution in [1.82, 2.24) is 15.0 Å².